The number of fused-ring (bicyclic) bond motifs is 3. The molecular formula is C20H23NO4. The number of ether oxygens (including phenoxy) is 2. The van der Waals surface area contributed by atoms with Crippen LogP contribution in [0.15, 0.2) is 36.9 Å². The predicted octanol–water partition coefficient (Wildman–Crippen LogP) is 3.50. The lowest BCUT2D eigenvalue weighted by Crippen LogP contribution is -2.47. The van der Waals surface area contributed by atoms with E-state index in [2.05, 4.69) is 11.6 Å². The number of aromatic nitrogens is 1. The molecule has 1 aromatic carbocycles. The van der Waals surface area contributed by atoms with Gasteiger partial charge in [0.25, 0.3) is 0 Å². The second-order valence-corrected chi connectivity index (χ2v) is 6.31. The van der Waals surface area contributed by atoms with E-state index in [1.807, 2.05) is 24.3 Å². The van der Waals surface area contributed by atoms with Crippen LogP contribution in [-0.2, 0) is 25.5 Å². The van der Waals surface area contributed by atoms with Crippen LogP contribution < -0.4 is 0 Å². The van der Waals surface area contributed by atoms with Gasteiger partial charge in [0, 0.05) is 28.9 Å². The van der Waals surface area contributed by atoms with Gasteiger partial charge in [-0.25, -0.2) is 0 Å². The van der Waals surface area contributed by atoms with Gasteiger partial charge in [-0.05, 0) is 31.9 Å². The van der Waals surface area contributed by atoms with Crippen molar-refractivity contribution in [3.63, 3.8) is 0 Å². The normalized spacial score (nSPS) is 18.4. The Hall–Kier alpha value is -2.56. The third-order valence-electron chi connectivity index (χ3n) is 4.88. The number of aromatic amines is 1. The van der Waals surface area contributed by atoms with E-state index in [0.29, 0.717) is 6.42 Å². The summed E-state index contributed by atoms with van der Waals surface area (Å²) < 4.78 is 10.5. The number of hydrogen-bond acceptors (Lipinski definition) is 4. The van der Waals surface area contributed by atoms with Gasteiger partial charge in [0.15, 0.2) is 5.41 Å². The lowest BCUT2D eigenvalue weighted by atomic mass is 9.68. The van der Waals surface area contributed by atoms with Gasteiger partial charge in [-0.1, -0.05) is 24.3 Å². The Bertz CT molecular complexity index is 802. The highest BCUT2D eigenvalue weighted by atomic mass is 16.6. The maximum absolute atomic E-state index is 12.8. The number of H-pyrrole nitrogens is 1. The molecule has 0 aliphatic heterocycles. The van der Waals surface area contributed by atoms with Crippen molar-refractivity contribution in [1.29, 1.82) is 0 Å². The molecule has 5 nitrogen and oxygen atoms in total. The van der Waals surface area contributed by atoms with E-state index in [9.17, 15) is 9.59 Å². The SMILES string of the molecule is C=C[C@H]1CC(C(=O)OCC)(C(=O)OCC)Cc2c1[nH]c1ccccc21. The first kappa shape index (κ1) is 17.3. The van der Waals surface area contributed by atoms with Crippen LogP contribution in [-0.4, -0.2) is 30.1 Å². The predicted molar refractivity (Wildman–Crippen MR) is 95.3 cm³/mol. The quantitative estimate of drug-likeness (QED) is 0.513. The van der Waals surface area contributed by atoms with Crippen molar-refractivity contribution < 1.29 is 19.1 Å². The van der Waals surface area contributed by atoms with Crippen LogP contribution in [0.4, 0.5) is 0 Å². The smallest absolute Gasteiger partial charge is 0.323 e. The zero-order valence-corrected chi connectivity index (χ0v) is 14.6. The summed E-state index contributed by atoms with van der Waals surface area (Å²) in [6.45, 7) is 7.82. The molecule has 1 aliphatic rings. The summed E-state index contributed by atoms with van der Waals surface area (Å²) >= 11 is 0. The molecule has 5 heteroatoms. The van der Waals surface area contributed by atoms with E-state index >= 15 is 0 Å². The number of esters is 2. The summed E-state index contributed by atoms with van der Waals surface area (Å²) in [5.41, 5.74) is 1.64. The van der Waals surface area contributed by atoms with Crippen LogP contribution >= 0.6 is 0 Å². The summed E-state index contributed by atoms with van der Waals surface area (Å²) in [6, 6.07) is 7.89. The third kappa shape index (κ3) is 2.73. The Kier molecular flexibility index (Phi) is 4.66. The number of carbonyl (C=O) groups is 2. The first-order valence-corrected chi connectivity index (χ1v) is 8.63. The van der Waals surface area contributed by atoms with Crippen LogP contribution in [0.5, 0.6) is 0 Å². The topological polar surface area (TPSA) is 68.4 Å². The molecule has 0 fully saturated rings. The summed E-state index contributed by atoms with van der Waals surface area (Å²) in [5.74, 6) is -1.18. The van der Waals surface area contributed by atoms with E-state index in [-0.39, 0.29) is 25.6 Å². The van der Waals surface area contributed by atoms with Gasteiger partial charge in [0.1, 0.15) is 0 Å². The van der Waals surface area contributed by atoms with Crippen molar-refractivity contribution in [2.75, 3.05) is 13.2 Å². The molecule has 0 spiro atoms. The first-order chi connectivity index (χ1) is 12.1. The molecule has 0 amide bonds. The second kappa shape index (κ2) is 6.75. The Morgan fingerprint density at radius 3 is 2.48 bits per heavy atom. The first-order valence-electron chi connectivity index (χ1n) is 8.63. The Morgan fingerprint density at radius 1 is 1.24 bits per heavy atom. The molecule has 0 radical (unpaired) electrons. The molecule has 0 saturated heterocycles. The van der Waals surface area contributed by atoms with Gasteiger partial charge in [-0.3, -0.25) is 9.59 Å². The maximum atomic E-state index is 12.8. The molecule has 0 unspecified atom stereocenters. The van der Waals surface area contributed by atoms with Crippen LogP contribution in [0, 0.1) is 5.41 Å². The third-order valence-corrected chi connectivity index (χ3v) is 4.88. The number of carbonyl (C=O) groups excluding carboxylic acids is 2. The minimum absolute atomic E-state index is 0.148. The number of nitrogens with one attached hydrogen (secondary N) is 1. The Morgan fingerprint density at radius 2 is 1.88 bits per heavy atom. The number of allylic oxidation sites excluding steroid dienone is 1. The minimum atomic E-state index is -1.33. The van der Waals surface area contributed by atoms with Crippen molar-refractivity contribution in [3.8, 4) is 0 Å². The molecule has 1 atom stereocenters. The highest BCUT2D eigenvalue weighted by Crippen LogP contribution is 2.46. The van der Waals surface area contributed by atoms with E-state index < -0.39 is 17.4 Å². The standard InChI is InChI=1S/C20H23NO4/c1-4-13-11-20(18(22)24-5-2,19(23)25-6-3)12-15-14-9-7-8-10-16(14)21-17(13)15/h4,7-10,13,21H,1,5-6,11-12H2,2-3H3/t13-/m0/s1. The van der Waals surface area contributed by atoms with Gasteiger partial charge < -0.3 is 14.5 Å². The average molecular weight is 341 g/mol. The van der Waals surface area contributed by atoms with Crippen LogP contribution in [0.2, 0.25) is 0 Å². The largest absolute Gasteiger partial charge is 0.465 e. The van der Waals surface area contributed by atoms with Crippen LogP contribution in [0.25, 0.3) is 10.9 Å². The summed E-state index contributed by atoms with van der Waals surface area (Å²) in [4.78, 5) is 29.0. The van der Waals surface area contributed by atoms with Gasteiger partial charge in [0.2, 0.25) is 0 Å². The number of rotatable bonds is 5. The molecular weight excluding hydrogens is 318 g/mol. The van der Waals surface area contributed by atoms with E-state index in [1.165, 1.54) is 0 Å². The van der Waals surface area contributed by atoms with Gasteiger partial charge in [-0.2, -0.15) is 0 Å². The van der Waals surface area contributed by atoms with E-state index in [4.69, 9.17) is 9.47 Å². The van der Waals surface area contributed by atoms with Crippen LogP contribution in [0.1, 0.15) is 37.4 Å². The van der Waals surface area contributed by atoms with E-state index in [0.717, 1.165) is 22.2 Å². The highest BCUT2D eigenvalue weighted by Gasteiger charge is 2.53. The summed E-state index contributed by atoms with van der Waals surface area (Å²) in [6.07, 6.45) is 2.35. The van der Waals surface area contributed by atoms with Crippen molar-refractivity contribution in [1.82, 2.24) is 4.98 Å². The van der Waals surface area contributed by atoms with Gasteiger partial charge >= 0.3 is 11.9 Å². The molecule has 1 aromatic heterocycles. The van der Waals surface area contributed by atoms with Crippen molar-refractivity contribution in [3.05, 3.63) is 48.2 Å². The molecule has 0 bridgehead atoms. The second-order valence-electron chi connectivity index (χ2n) is 6.31. The average Bonchev–Trinajstić information content (AvgIpc) is 2.99. The molecule has 2 aromatic rings. The molecule has 1 heterocycles. The molecule has 0 saturated carbocycles. The Balaban J connectivity index is 2.16. The number of hydrogen-bond donors (Lipinski definition) is 1. The molecule has 1 aliphatic carbocycles. The summed E-state index contributed by atoms with van der Waals surface area (Å²) in [5, 5.41) is 1.02. The van der Waals surface area contributed by atoms with Gasteiger partial charge in [0.05, 0.1) is 13.2 Å². The Labute approximate surface area is 147 Å². The number of benzene rings is 1. The molecule has 1 N–H and O–H groups in total. The zero-order valence-electron chi connectivity index (χ0n) is 14.6. The molecule has 132 valence electrons. The minimum Gasteiger partial charge on any atom is -0.465 e. The fourth-order valence-electron chi connectivity index (χ4n) is 3.71. The van der Waals surface area contributed by atoms with Crippen molar-refractivity contribution in [2.45, 2.75) is 32.6 Å². The fourth-order valence-corrected chi connectivity index (χ4v) is 3.71. The zero-order chi connectivity index (χ0) is 18.0. The molecule has 3 rings (SSSR count). The van der Waals surface area contributed by atoms with Gasteiger partial charge in [-0.15, -0.1) is 6.58 Å². The maximum Gasteiger partial charge on any atom is 0.323 e. The fraction of sp³-hybridized carbons (Fsp3) is 0.400. The highest BCUT2D eigenvalue weighted by molar-refractivity contribution is 6.02. The lowest BCUT2D eigenvalue weighted by Gasteiger charge is -2.35. The van der Waals surface area contributed by atoms with E-state index in [1.54, 1.807) is 19.9 Å². The monoisotopic (exact) mass is 341 g/mol. The van der Waals surface area contributed by atoms with Crippen LogP contribution in [0.3, 0.4) is 0 Å². The summed E-state index contributed by atoms with van der Waals surface area (Å²) in [7, 11) is 0. The molecule has 25 heavy (non-hydrogen) atoms. The number of para-hydroxylation sites is 1. The van der Waals surface area contributed by atoms with Crippen molar-refractivity contribution >= 4 is 22.8 Å². The lowest BCUT2D eigenvalue weighted by molar-refractivity contribution is -0.173. The van der Waals surface area contributed by atoms with Crippen molar-refractivity contribution in [2.24, 2.45) is 5.41 Å².